The van der Waals surface area contributed by atoms with Crippen molar-refractivity contribution in [3.63, 3.8) is 0 Å². The first-order chi connectivity index (χ1) is 11.7. The monoisotopic (exact) mass is 370 g/mol. The first-order valence-electron chi connectivity index (χ1n) is 9.15. The molecule has 1 saturated heterocycles. The van der Waals surface area contributed by atoms with Gasteiger partial charge in [0.15, 0.2) is 11.5 Å². The number of rotatable bonds is 10. The second-order valence-corrected chi connectivity index (χ2v) is 6.24. The number of benzene rings is 1. The lowest BCUT2D eigenvalue weighted by Crippen LogP contribution is -2.23. The Bertz CT molecular complexity index is 519. The summed E-state index contributed by atoms with van der Waals surface area (Å²) < 4.78 is 11.5. The molecular weight excluding hydrogens is 340 g/mol. The van der Waals surface area contributed by atoms with Crippen LogP contribution in [0, 0.1) is 0 Å². The number of nitrogens with one attached hydrogen (secondary N) is 2. The zero-order valence-corrected chi connectivity index (χ0v) is 16.1. The van der Waals surface area contributed by atoms with Crippen LogP contribution in [-0.2, 0) is 4.79 Å². The van der Waals surface area contributed by atoms with Crippen LogP contribution in [0.1, 0.15) is 52.4 Å². The van der Waals surface area contributed by atoms with Gasteiger partial charge in [-0.05, 0) is 50.8 Å². The van der Waals surface area contributed by atoms with E-state index in [-0.39, 0.29) is 18.3 Å². The maximum atomic E-state index is 12.1. The summed E-state index contributed by atoms with van der Waals surface area (Å²) >= 11 is 0. The van der Waals surface area contributed by atoms with Crippen molar-refractivity contribution in [3.8, 4) is 11.5 Å². The molecule has 0 radical (unpaired) electrons. The van der Waals surface area contributed by atoms with Crippen LogP contribution in [0.4, 0.5) is 5.69 Å². The summed E-state index contributed by atoms with van der Waals surface area (Å²) in [5.41, 5.74) is 0.759. The molecule has 1 heterocycles. The molecule has 0 saturated carbocycles. The van der Waals surface area contributed by atoms with Crippen LogP contribution >= 0.6 is 12.4 Å². The zero-order valence-electron chi connectivity index (χ0n) is 15.3. The Morgan fingerprint density at radius 2 is 1.92 bits per heavy atom. The topological polar surface area (TPSA) is 59.6 Å². The minimum atomic E-state index is 0. The smallest absolute Gasteiger partial charge is 0.224 e. The second kappa shape index (κ2) is 12.0. The molecule has 0 aromatic heterocycles. The van der Waals surface area contributed by atoms with Gasteiger partial charge in [-0.25, -0.2) is 0 Å². The molecule has 142 valence electrons. The average molecular weight is 371 g/mol. The van der Waals surface area contributed by atoms with Crippen molar-refractivity contribution in [3.05, 3.63) is 18.2 Å². The third-order valence-corrected chi connectivity index (χ3v) is 4.03. The van der Waals surface area contributed by atoms with Gasteiger partial charge in [0.05, 0.1) is 13.2 Å². The molecule has 0 bridgehead atoms. The standard InChI is InChI=1S/C19H30N2O3.ClH/c1-3-12-23-17-9-7-16(14-18(17)24-13-4-2)21-19(22)10-8-15-6-5-11-20-15;/h7,9,14-15,20H,3-6,8,10-13H2,1-2H3,(H,21,22);1H. The number of carbonyl (C=O) groups is 1. The normalized spacial score (nSPS) is 16.2. The highest BCUT2D eigenvalue weighted by Gasteiger charge is 2.15. The number of anilines is 1. The molecule has 5 nitrogen and oxygen atoms in total. The van der Waals surface area contributed by atoms with Crippen molar-refractivity contribution in [2.75, 3.05) is 25.1 Å². The van der Waals surface area contributed by atoms with Crippen molar-refractivity contribution in [2.24, 2.45) is 0 Å². The molecule has 0 spiro atoms. The van der Waals surface area contributed by atoms with Crippen LogP contribution in [0.15, 0.2) is 18.2 Å². The highest BCUT2D eigenvalue weighted by atomic mass is 35.5. The van der Waals surface area contributed by atoms with E-state index in [1.165, 1.54) is 12.8 Å². The molecule has 1 aromatic carbocycles. The van der Waals surface area contributed by atoms with Crippen molar-refractivity contribution in [2.45, 2.75) is 58.4 Å². The molecule has 1 aromatic rings. The van der Waals surface area contributed by atoms with Crippen molar-refractivity contribution >= 4 is 24.0 Å². The van der Waals surface area contributed by atoms with Gasteiger partial charge >= 0.3 is 0 Å². The van der Waals surface area contributed by atoms with E-state index in [2.05, 4.69) is 24.5 Å². The Morgan fingerprint density at radius 1 is 1.20 bits per heavy atom. The first-order valence-corrected chi connectivity index (χ1v) is 9.15. The van der Waals surface area contributed by atoms with Crippen molar-refractivity contribution < 1.29 is 14.3 Å². The molecule has 1 amide bonds. The van der Waals surface area contributed by atoms with Gasteiger partial charge in [-0.2, -0.15) is 0 Å². The summed E-state index contributed by atoms with van der Waals surface area (Å²) in [5.74, 6) is 1.48. The van der Waals surface area contributed by atoms with Crippen LogP contribution in [0.25, 0.3) is 0 Å². The van der Waals surface area contributed by atoms with E-state index in [1.807, 2.05) is 18.2 Å². The fraction of sp³-hybridized carbons (Fsp3) is 0.632. The fourth-order valence-electron chi connectivity index (χ4n) is 2.77. The van der Waals surface area contributed by atoms with Gasteiger partial charge in [-0.1, -0.05) is 13.8 Å². The minimum absolute atomic E-state index is 0. The van der Waals surface area contributed by atoms with Crippen LogP contribution in [0.2, 0.25) is 0 Å². The highest BCUT2D eigenvalue weighted by Crippen LogP contribution is 2.31. The van der Waals surface area contributed by atoms with Crippen LogP contribution < -0.4 is 20.1 Å². The molecule has 6 heteroatoms. The summed E-state index contributed by atoms with van der Waals surface area (Å²) in [7, 11) is 0. The Balaban J connectivity index is 0.00000312. The molecule has 1 aliphatic heterocycles. The number of amides is 1. The number of hydrogen-bond acceptors (Lipinski definition) is 4. The molecule has 1 unspecified atom stereocenters. The fourth-order valence-corrected chi connectivity index (χ4v) is 2.77. The second-order valence-electron chi connectivity index (χ2n) is 6.24. The third kappa shape index (κ3) is 7.53. The predicted octanol–water partition coefficient (Wildman–Crippen LogP) is 4.16. The van der Waals surface area contributed by atoms with Crippen LogP contribution in [0.3, 0.4) is 0 Å². The summed E-state index contributed by atoms with van der Waals surface area (Å²) in [6.45, 7) is 6.50. The van der Waals surface area contributed by atoms with E-state index in [4.69, 9.17) is 9.47 Å². The SMILES string of the molecule is CCCOc1ccc(NC(=O)CCC2CCCN2)cc1OCCC.Cl. The number of carbonyl (C=O) groups excluding carboxylic acids is 1. The van der Waals surface area contributed by atoms with E-state index in [1.54, 1.807) is 0 Å². The Hall–Kier alpha value is -1.46. The summed E-state index contributed by atoms with van der Waals surface area (Å²) in [5, 5.41) is 6.38. The molecule has 2 N–H and O–H groups in total. The summed E-state index contributed by atoms with van der Waals surface area (Å²) in [6.07, 6.45) is 5.69. The lowest BCUT2D eigenvalue weighted by Gasteiger charge is -2.14. The van der Waals surface area contributed by atoms with Gasteiger partial charge in [-0.3, -0.25) is 4.79 Å². The zero-order chi connectivity index (χ0) is 17.2. The summed E-state index contributed by atoms with van der Waals surface area (Å²) in [6, 6.07) is 6.08. The van der Waals surface area contributed by atoms with Gasteiger partial charge < -0.3 is 20.1 Å². The van der Waals surface area contributed by atoms with Crippen molar-refractivity contribution in [1.82, 2.24) is 5.32 Å². The van der Waals surface area contributed by atoms with Gasteiger partial charge in [0.2, 0.25) is 5.91 Å². The largest absolute Gasteiger partial charge is 0.490 e. The van der Waals surface area contributed by atoms with Gasteiger partial charge in [-0.15, -0.1) is 12.4 Å². The molecule has 1 fully saturated rings. The molecule has 25 heavy (non-hydrogen) atoms. The Kier molecular flexibility index (Phi) is 10.3. The minimum Gasteiger partial charge on any atom is -0.490 e. The average Bonchev–Trinajstić information content (AvgIpc) is 3.11. The van der Waals surface area contributed by atoms with E-state index < -0.39 is 0 Å². The predicted molar refractivity (Wildman–Crippen MR) is 104 cm³/mol. The number of hydrogen-bond donors (Lipinski definition) is 2. The molecule has 2 rings (SSSR count). The van der Waals surface area contributed by atoms with Crippen LogP contribution in [0.5, 0.6) is 11.5 Å². The summed E-state index contributed by atoms with van der Waals surface area (Å²) in [4.78, 5) is 12.1. The maximum Gasteiger partial charge on any atom is 0.224 e. The first kappa shape index (κ1) is 21.6. The van der Waals surface area contributed by atoms with E-state index in [0.29, 0.717) is 31.4 Å². The Labute approximate surface area is 157 Å². The van der Waals surface area contributed by atoms with Gasteiger partial charge in [0.25, 0.3) is 0 Å². The molecule has 0 aliphatic carbocycles. The van der Waals surface area contributed by atoms with Crippen molar-refractivity contribution in [1.29, 1.82) is 0 Å². The van der Waals surface area contributed by atoms with Gasteiger partial charge in [0.1, 0.15) is 0 Å². The number of ether oxygens (including phenoxy) is 2. The maximum absolute atomic E-state index is 12.1. The van der Waals surface area contributed by atoms with Gasteiger partial charge in [0, 0.05) is 24.2 Å². The lowest BCUT2D eigenvalue weighted by molar-refractivity contribution is -0.116. The quantitative estimate of drug-likeness (QED) is 0.649. The highest BCUT2D eigenvalue weighted by molar-refractivity contribution is 5.91. The van der Waals surface area contributed by atoms with E-state index in [9.17, 15) is 4.79 Å². The lowest BCUT2D eigenvalue weighted by atomic mass is 10.1. The molecule has 1 aliphatic rings. The Morgan fingerprint density at radius 3 is 2.56 bits per heavy atom. The molecule has 1 atom stereocenters. The van der Waals surface area contributed by atoms with E-state index in [0.717, 1.165) is 37.2 Å². The van der Waals surface area contributed by atoms with E-state index >= 15 is 0 Å². The number of halogens is 1. The molecular formula is C19H31ClN2O3. The van der Waals surface area contributed by atoms with Crippen LogP contribution in [-0.4, -0.2) is 31.7 Å². The third-order valence-electron chi connectivity index (χ3n) is 4.03.